The molecule has 0 amide bonds. The number of nitriles is 3. The van der Waals surface area contributed by atoms with Crippen molar-refractivity contribution in [3.63, 3.8) is 0 Å². The van der Waals surface area contributed by atoms with E-state index in [9.17, 15) is 5.26 Å². The summed E-state index contributed by atoms with van der Waals surface area (Å²) in [5, 5.41) is 31.1. The summed E-state index contributed by atoms with van der Waals surface area (Å²) in [4.78, 5) is 4.14. The lowest BCUT2D eigenvalue weighted by atomic mass is 9.73. The minimum Gasteiger partial charge on any atom is -0.312 e. The maximum absolute atomic E-state index is 9.96. The summed E-state index contributed by atoms with van der Waals surface area (Å²) in [6, 6.07) is 11.2. The molecule has 5 nitrogen and oxygen atoms in total. The molecule has 2 atom stereocenters. The van der Waals surface area contributed by atoms with E-state index in [1.165, 1.54) is 11.3 Å². The first-order chi connectivity index (χ1) is 12.6. The van der Waals surface area contributed by atoms with E-state index in [0.717, 1.165) is 50.3 Å². The molecule has 1 fully saturated rings. The van der Waals surface area contributed by atoms with Crippen LogP contribution in [0.5, 0.6) is 0 Å². The SMILES string of the molecule is CC(C)C(C#N)(CCCN1CCC(NCCC#N)C1)c1ccc(C#N)s1. The van der Waals surface area contributed by atoms with Crippen molar-refractivity contribution in [1.29, 1.82) is 15.8 Å². The molecule has 1 N–H and O–H groups in total. The third-order valence-electron chi connectivity index (χ3n) is 5.33. The quantitative estimate of drug-likeness (QED) is 0.674. The Balaban J connectivity index is 1.90. The number of thiophene rings is 1. The van der Waals surface area contributed by atoms with Gasteiger partial charge in [-0.05, 0) is 50.4 Å². The number of hydrogen-bond acceptors (Lipinski definition) is 6. The van der Waals surface area contributed by atoms with Crippen LogP contribution in [0.2, 0.25) is 0 Å². The maximum atomic E-state index is 9.96. The van der Waals surface area contributed by atoms with Crippen molar-refractivity contribution in [3.05, 3.63) is 21.9 Å². The zero-order valence-corrected chi connectivity index (χ0v) is 16.5. The fraction of sp³-hybridized carbons (Fsp3) is 0.650. The summed E-state index contributed by atoms with van der Waals surface area (Å²) in [7, 11) is 0. The Bertz CT molecular complexity index is 705. The number of rotatable bonds is 9. The van der Waals surface area contributed by atoms with Crippen LogP contribution < -0.4 is 5.32 Å². The van der Waals surface area contributed by atoms with Gasteiger partial charge in [-0.25, -0.2) is 0 Å². The molecule has 0 radical (unpaired) electrons. The van der Waals surface area contributed by atoms with Crippen LogP contribution in [0.1, 0.15) is 49.3 Å². The van der Waals surface area contributed by atoms with E-state index in [0.29, 0.717) is 17.3 Å². The number of likely N-dealkylation sites (tertiary alicyclic amines) is 1. The zero-order chi connectivity index (χ0) is 19.0. The average Bonchev–Trinajstić information content (AvgIpc) is 3.28. The first-order valence-corrected chi connectivity index (χ1v) is 10.1. The van der Waals surface area contributed by atoms with Gasteiger partial charge in [-0.2, -0.15) is 15.8 Å². The molecule has 1 saturated heterocycles. The highest BCUT2D eigenvalue weighted by Gasteiger charge is 2.37. The zero-order valence-electron chi connectivity index (χ0n) is 15.7. The van der Waals surface area contributed by atoms with Gasteiger partial charge in [0.05, 0.1) is 17.6 Å². The molecule has 0 bridgehead atoms. The number of hydrogen-bond donors (Lipinski definition) is 1. The molecular formula is C20H27N5S. The van der Waals surface area contributed by atoms with Crippen molar-refractivity contribution in [2.75, 3.05) is 26.2 Å². The minimum absolute atomic E-state index is 0.205. The van der Waals surface area contributed by atoms with Gasteiger partial charge in [0.15, 0.2) is 0 Å². The highest BCUT2D eigenvalue weighted by molar-refractivity contribution is 7.12. The van der Waals surface area contributed by atoms with Gasteiger partial charge < -0.3 is 10.2 Å². The van der Waals surface area contributed by atoms with Gasteiger partial charge in [-0.1, -0.05) is 13.8 Å². The van der Waals surface area contributed by atoms with Crippen LogP contribution in [-0.4, -0.2) is 37.1 Å². The third kappa shape index (κ3) is 4.83. The molecule has 6 heteroatoms. The molecule has 2 rings (SSSR count). The second-order valence-corrected chi connectivity index (χ2v) is 8.35. The van der Waals surface area contributed by atoms with Gasteiger partial charge in [-0.3, -0.25) is 0 Å². The average molecular weight is 370 g/mol. The summed E-state index contributed by atoms with van der Waals surface area (Å²) in [6.07, 6.45) is 3.46. The van der Waals surface area contributed by atoms with Crippen LogP contribution >= 0.6 is 11.3 Å². The van der Waals surface area contributed by atoms with Crippen molar-refractivity contribution >= 4 is 11.3 Å². The molecule has 26 heavy (non-hydrogen) atoms. The van der Waals surface area contributed by atoms with E-state index < -0.39 is 5.41 Å². The van der Waals surface area contributed by atoms with Crippen LogP contribution in [0.25, 0.3) is 0 Å². The monoisotopic (exact) mass is 369 g/mol. The fourth-order valence-corrected chi connectivity index (χ4v) is 4.81. The second-order valence-electron chi connectivity index (χ2n) is 7.27. The molecule has 1 aromatic rings. The van der Waals surface area contributed by atoms with E-state index in [4.69, 9.17) is 10.5 Å². The summed E-state index contributed by atoms with van der Waals surface area (Å²) >= 11 is 1.45. The van der Waals surface area contributed by atoms with Crippen molar-refractivity contribution in [2.45, 2.75) is 51.0 Å². The Hall–Kier alpha value is -1.91. The van der Waals surface area contributed by atoms with E-state index in [2.05, 4.69) is 42.3 Å². The standard InChI is InChI=1S/C20H27N5S/c1-16(2)20(15-23,19-6-5-18(13-22)26-19)8-3-11-25-12-7-17(14-25)24-10-4-9-21/h5-6,16-17,24H,3-4,7-8,10-12,14H2,1-2H3. The van der Waals surface area contributed by atoms with Crippen molar-refractivity contribution < 1.29 is 0 Å². The second kappa shape index (κ2) is 9.70. The lowest BCUT2D eigenvalue weighted by Crippen LogP contribution is -2.34. The maximum Gasteiger partial charge on any atom is 0.110 e. The summed E-state index contributed by atoms with van der Waals surface area (Å²) in [6.45, 7) is 8.04. The Morgan fingerprint density at radius 1 is 1.35 bits per heavy atom. The predicted octanol–water partition coefficient (Wildman–Crippen LogP) is 3.39. The molecule has 2 unspecified atom stereocenters. The lowest BCUT2D eigenvalue weighted by Gasteiger charge is -2.30. The molecule has 1 aromatic heterocycles. The lowest BCUT2D eigenvalue weighted by molar-refractivity contribution is 0.290. The van der Waals surface area contributed by atoms with Crippen molar-refractivity contribution in [3.8, 4) is 18.2 Å². The molecule has 0 saturated carbocycles. The van der Waals surface area contributed by atoms with E-state index >= 15 is 0 Å². The molecule has 1 aliphatic heterocycles. The van der Waals surface area contributed by atoms with Crippen LogP contribution in [-0.2, 0) is 5.41 Å². The van der Waals surface area contributed by atoms with E-state index in [1.807, 2.05) is 12.1 Å². The topological polar surface area (TPSA) is 86.6 Å². The Labute approximate surface area is 160 Å². The van der Waals surface area contributed by atoms with Gasteiger partial charge in [-0.15, -0.1) is 11.3 Å². The van der Waals surface area contributed by atoms with E-state index in [1.54, 1.807) is 0 Å². The molecule has 1 aliphatic rings. The fourth-order valence-electron chi connectivity index (χ4n) is 3.69. The third-order valence-corrected chi connectivity index (χ3v) is 6.50. The van der Waals surface area contributed by atoms with Gasteiger partial charge in [0.25, 0.3) is 0 Å². The molecule has 0 spiro atoms. The van der Waals surface area contributed by atoms with Crippen LogP contribution in [0, 0.1) is 39.9 Å². The molecular weight excluding hydrogens is 342 g/mol. The number of nitrogens with one attached hydrogen (secondary N) is 1. The van der Waals surface area contributed by atoms with Gasteiger partial charge >= 0.3 is 0 Å². The highest BCUT2D eigenvalue weighted by atomic mass is 32.1. The molecule has 0 aliphatic carbocycles. The molecule has 138 valence electrons. The normalized spacial score (nSPS) is 19.6. The predicted molar refractivity (Wildman–Crippen MR) is 103 cm³/mol. The summed E-state index contributed by atoms with van der Waals surface area (Å²) < 4.78 is 0. The van der Waals surface area contributed by atoms with E-state index in [-0.39, 0.29) is 5.92 Å². The molecule has 0 aromatic carbocycles. The summed E-state index contributed by atoms with van der Waals surface area (Å²) in [5.74, 6) is 0.205. The Morgan fingerprint density at radius 3 is 2.77 bits per heavy atom. The Kier molecular flexibility index (Phi) is 7.61. The smallest absolute Gasteiger partial charge is 0.110 e. The van der Waals surface area contributed by atoms with Crippen molar-refractivity contribution in [2.24, 2.45) is 5.92 Å². The minimum atomic E-state index is -0.510. The largest absolute Gasteiger partial charge is 0.312 e. The van der Waals surface area contributed by atoms with Crippen LogP contribution in [0.4, 0.5) is 0 Å². The van der Waals surface area contributed by atoms with Gasteiger partial charge in [0, 0.05) is 30.4 Å². The highest BCUT2D eigenvalue weighted by Crippen LogP contribution is 2.40. The first-order valence-electron chi connectivity index (χ1n) is 9.30. The van der Waals surface area contributed by atoms with Gasteiger partial charge in [0.1, 0.15) is 10.9 Å². The molecule has 2 heterocycles. The number of nitrogens with zero attached hydrogens (tertiary/aromatic N) is 4. The van der Waals surface area contributed by atoms with Crippen LogP contribution in [0.3, 0.4) is 0 Å². The van der Waals surface area contributed by atoms with Crippen molar-refractivity contribution in [1.82, 2.24) is 10.2 Å². The Morgan fingerprint density at radius 2 is 2.15 bits per heavy atom. The van der Waals surface area contributed by atoms with Gasteiger partial charge in [0.2, 0.25) is 0 Å². The summed E-state index contributed by atoms with van der Waals surface area (Å²) in [5.41, 5.74) is -0.510. The van der Waals surface area contributed by atoms with Crippen LogP contribution in [0.15, 0.2) is 12.1 Å². The first kappa shape index (κ1) is 20.4.